The molecule has 29 heavy (non-hydrogen) atoms. The maximum absolute atomic E-state index is 14.1. The van der Waals surface area contributed by atoms with Crippen molar-refractivity contribution in [3.8, 4) is 0 Å². The van der Waals surface area contributed by atoms with Crippen molar-refractivity contribution >= 4 is 39.9 Å². The number of nitrogens with one attached hydrogen (secondary N) is 1. The fourth-order valence-electron chi connectivity index (χ4n) is 2.73. The van der Waals surface area contributed by atoms with Crippen LogP contribution in [0.5, 0.6) is 0 Å². The second-order valence-electron chi connectivity index (χ2n) is 6.17. The van der Waals surface area contributed by atoms with Crippen molar-refractivity contribution in [2.24, 2.45) is 4.99 Å². The average molecular weight is 411 g/mol. The summed E-state index contributed by atoms with van der Waals surface area (Å²) in [6.45, 7) is 0. The molecule has 0 aliphatic heterocycles. The number of carbonyl (C=O) groups excluding carboxylic acids is 1. The monoisotopic (exact) mass is 410 g/mol. The second-order valence-corrected chi connectivity index (χ2v) is 6.61. The first-order valence-corrected chi connectivity index (χ1v) is 8.97. The Labute approximate surface area is 169 Å². The van der Waals surface area contributed by atoms with Crippen LogP contribution in [0.25, 0.3) is 11.0 Å². The third-order valence-electron chi connectivity index (χ3n) is 4.13. The Morgan fingerprint density at radius 3 is 2.52 bits per heavy atom. The Kier molecular flexibility index (Phi) is 5.10. The molecule has 0 unspecified atom stereocenters. The molecule has 0 bridgehead atoms. The first-order chi connectivity index (χ1) is 14.0. The molecule has 1 amide bonds. The standard InChI is InChI=1S/C22H13ClF2N2O2/c23-14-5-8-16(9-6-14)26-21(28)17-11-13-3-1-2-4-20(13)29-22(17)27-19-12-15(24)7-10-18(19)25/h1-12H,(H,26,28). The van der Waals surface area contributed by atoms with Gasteiger partial charge < -0.3 is 9.73 Å². The summed E-state index contributed by atoms with van der Waals surface area (Å²) in [7, 11) is 0. The van der Waals surface area contributed by atoms with Crippen molar-refractivity contribution in [1.82, 2.24) is 0 Å². The smallest absolute Gasteiger partial charge is 0.261 e. The van der Waals surface area contributed by atoms with Crippen molar-refractivity contribution in [1.29, 1.82) is 0 Å². The van der Waals surface area contributed by atoms with Crippen LogP contribution in [0.1, 0.15) is 10.4 Å². The van der Waals surface area contributed by atoms with Crippen LogP contribution >= 0.6 is 11.6 Å². The summed E-state index contributed by atoms with van der Waals surface area (Å²) in [5, 5.41) is 3.91. The topological polar surface area (TPSA) is 54.6 Å². The van der Waals surface area contributed by atoms with Gasteiger partial charge in [-0.2, -0.15) is 0 Å². The minimum absolute atomic E-state index is 0.0716. The van der Waals surface area contributed by atoms with Gasteiger partial charge in [-0.25, -0.2) is 13.8 Å². The molecular formula is C22H13ClF2N2O2. The molecule has 0 aliphatic carbocycles. The molecular weight excluding hydrogens is 398 g/mol. The normalized spacial score (nSPS) is 11.6. The highest BCUT2D eigenvalue weighted by Gasteiger charge is 2.14. The van der Waals surface area contributed by atoms with Crippen LogP contribution in [0.4, 0.5) is 20.2 Å². The van der Waals surface area contributed by atoms with Crippen molar-refractivity contribution < 1.29 is 18.0 Å². The van der Waals surface area contributed by atoms with Gasteiger partial charge in [-0.15, -0.1) is 0 Å². The molecule has 0 radical (unpaired) electrons. The van der Waals surface area contributed by atoms with Crippen molar-refractivity contribution in [2.45, 2.75) is 0 Å². The summed E-state index contributed by atoms with van der Waals surface area (Å²) in [5.41, 5.74) is 0.619. The average Bonchev–Trinajstić information content (AvgIpc) is 2.72. The largest absolute Gasteiger partial charge is 0.438 e. The molecule has 0 atom stereocenters. The SMILES string of the molecule is O=C(Nc1ccc(Cl)cc1)c1cc2ccccc2oc1=Nc1cc(F)ccc1F. The second kappa shape index (κ2) is 7.85. The molecule has 1 heterocycles. The van der Waals surface area contributed by atoms with Gasteiger partial charge in [-0.05, 0) is 48.5 Å². The maximum Gasteiger partial charge on any atom is 0.261 e. The van der Waals surface area contributed by atoms with Gasteiger partial charge in [0.15, 0.2) is 0 Å². The van der Waals surface area contributed by atoms with Gasteiger partial charge in [0.25, 0.3) is 5.91 Å². The van der Waals surface area contributed by atoms with E-state index in [0.717, 1.165) is 18.2 Å². The van der Waals surface area contributed by atoms with E-state index in [9.17, 15) is 13.6 Å². The maximum atomic E-state index is 14.1. The minimum atomic E-state index is -0.737. The Hall–Kier alpha value is -3.51. The highest BCUT2D eigenvalue weighted by Crippen LogP contribution is 2.20. The van der Waals surface area contributed by atoms with Crippen LogP contribution in [0.15, 0.2) is 82.2 Å². The van der Waals surface area contributed by atoms with Gasteiger partial charge in [0.1, 0.15) is 28.5 Å². The summed E-state index contributed by atoms with van der Waals surface area (Å²) in [5.74, 6) is -1.91. The first-order valence-electron chi connectivity index (χ1n) is 8.59. The number of halogens is 3. The molecule has 0 saturated carbocycles. The minimum Gasteiger partial charge on any atom is -0.438 e. The zero-order valence-electron chi connectivity index (χ0n) is 14.8. The molecule has 0 saturated heterocycles. The van der Waals surface area contributed by atoms with Crippen LogP contribution in [-0.2, 0) is 0 Å². The molecule has 0 fully saturated rings. The fourth-order valence-corrected chi connectivity index (χ4v) is 2.85. The van der Waals surface area contributed by atoms with Gasteiger partial charge in [0.2, 0.25) is 5.55 Å². The molecule has 4 aromatic rings. The highest BCUT2D eigenvalue weighted by molar-refractivity contribution is 6.30. The number of hydrogen-bond acceptors (Lipinski definition) is 3. The van der Waals surface area contributed by atoms with Crippen LogP contribution < -0.4 is 10.9 Å². The lowest BCUT2D eigenvalue weighted by atomic mass is 10.1. The predicted molar refractivity (Wildman–Crippen MR) is 107 cm³/mol. The van der Waals surface area contributed by atoms with Crippen molar-refractivity contribution in [3.05, 3.63) is 101 Å². The molecule has 0 aliphatic rings. The van der Waals surface area contributed by atoms with Gasteiger partial charge in [0.05, 0.1) is 0 Å². The third-order valence-corrected chi connectivity index (χ3v) is 4.38. The van der Waals surface area contributed by atoms with Gasteiger partial charge >= 0.3 is 0 Å². The van der Waals surface area contributed by atoms with Crippen molar-refractivity contribution in [2.75, 3.05) is 5.32 Å². The number of hydrogen-bond donors (Lipinski definition) is 1. The number of para-hydroxylation sites is 1. The van der Waals surface area contributed by atoms with E-state index in [1.807, 2.05) is 0 Å². The molecule has 3 aromatic carbocycles. The van der Waals surface area contributed by atoms with Gasteiger partial charge in [0, 0.05) is 22.2 Å². The summed E-state index contributed by atoms with van der Waals surface area (Å²) in [4.78, 5) is 16.9. The summed E-state index contributed by atoms with van der Waals surface area (Å²) in [6.07, 6.45) is 0. The Bertz CT molecular complexity index is 1280. The molecule has 1 aromatic heterocycles. The van der Waals surface area contributed by atoms with Gasteiger partial charge in [-0.1, -0.05) is 29.8 Å². The number of fused-ring (bicyclic) bond motifs is 1. The quantitative estimate of drug-likeness (QED) is 0.460. The molecule has 144 valence electrons. The highest BCUT2D eigenvalue weighted by atomic mass is 35.5. The summed E-state index contributed by atoms with van der Waals surface area (Å²) in [6, 6.07) is 18.0. The van der Waals surface area contributed by atoms with Crippen LogP contribution in [-0.4, -0.2) is 5.91 Å². The van der Waals surface area contributed by atoms with E-state index in [1.54, 1.807) is 54.6 Å². The number of benzene rings is 3. The van der Waals surface area contributed by atoms with E-state index in [1.165, 1.54) is 0 Å². The number of amides is 1. The predicted octanol–water partition coefficient (Wildman–Crippen LogP) is 5.85. The summed E-state index contributed by atoms with van der Waals surface area (Å²) >= 11 is 5.86. The zero-order chi connectivity index (χ0) is 20.4. The number of anilines is 1. The lowest BCUT2D eigenvalue weighted by molar-refractivity contribution is 0.102. The Balaban J connectivity index is 1.86. The Morgan fingerprint density at radius 1 is 0.966 bits per heavy atom. The molecule has 4 nitrogen and oxygen atoms in total. The number of carbonyl (C=O) groups is 1. The van der Waals surface area contributed by atoms with Crippen LogP contribution in [0.2, 0.25) is 5.02 Å². The van der Waals surface area contributed by atoms with E-state index in [2.05, 4.69) is 10.3 Å². The Morgan fingerprint density at radius 2 is 1.72 bits per heavy atom. The van der Waals surface area contributed by atoms with Crippen LogP contribution in [0, 0.1) is 11.6 Å². The lowest BCUT2D eigenvalue weighted by Crippen LogP contribution is -2.21. The van der Waals surface area contributed by atoms with E-state index in [0.29, 0.717) is 21.7 Å². The van der Waals surface area contributed by atoms with Crippen molar-refractivity contribution in [3.63, 3.8) is 0 Å². The van der Waals surface area contributed by atoms with E-state index in [4.69, 9.17) is 16.0 Å². The molecule has 0 spiro atoms. The van der Waals surface area contributed by atoms with E-state index in [-0.39, 0.29) is 16.8 Å². The molecule has 7 heteroatoms. The van der Waals surface area contributed by atoms with E-state index < -0.39 is 17.5 Å². The molecule has 1 N–H and O–H groups in total. The van der Waals surface area contributed by atoms with E-state index >= 15 is 0 Å². The fraction of sp³-hybridized carbons (Fsp3) is 0. The van der Waals surface area contributed by atoms with Crippen LogP contribution in [0.3, 0.4) is 0 Å². The molecule has 4 rings (SSSR count). The van der Waals surface area contributed by atoms with Gasteiger partial charge in [-0.3, -0.25) is 4.79 Å². The zero-order valence-corrected chi connectivity index (χ0v) is 15.6. The lowest BCUT2D eigenvalue weighted by Gasteiger charge is -2.07. The number of nitrogens with zero attached hydrogens (tertiary/aromatic N) is 1. The first kappa shape index (κ1) is 18.8. The third kappa shape index (κ3) is 4.17. The summed E-state index contributed by atoms with van der Waals surface area (Å²) < 4.78 is 33.3. The number of rotatable bonds is 3.